The predicted molar refractivity (Wildman–Crippen MR) is 65.2 cm³/mol. The molecule has 0 aliphatic heterocycles. The van der Waals surface area contributed by atoms with Gasteiger partial charge < -0.3 is 16.2 Å². The molecular formula is C12H8F3N3O2. The van der Waals surface area contributed by atoms with Crippen LogP contribution in [0.4, 0.5) is 30.4 Å². The van der Waals surface area contributed by atoms with E-state index < -0.39 is 29.1 Å². The summed E-state index contributed by atoms with van der Waals surface area (Å²) in [5.74, 6) is -5.42. The van der Waals surface area contributed by atoms with Crippen LogP contribution >= 0.6 is 0 Å². The number of aromatic carboxylic acids is 1. The average molecular weight is 283 g/mol. The SMILES string of the molecule is Nc1cnc(Nc2cc(F)cc(F)c2F)c(C(=O)O)c1. The molecule has 4 N–H and O–H groups in total. The number of anilines is 3. The Morgan fingerprint density at radius 1 is 1.25 bits per heavy atom. The Morgan fingerprint density at radius 2 is 1.95 bits per heavy atom. The first-order valence-corrected chi connectivity index (χ1v) is 5.29. The standard InChI is InChI=1S/C12H8F3N3O2/c13-5-1-8(14)10(15)9(2-5)18-11-7(12(19)20)3-6(16)4-17-11/h1-4H,16H2,(H,17,18)(H,19,20). The number of nitrogens with two attached hydrogens (primary N) is 1. The molecule has 0 bridgehead atoms. The van der Waals surface area contributed by atoms with Crippen LogP contribution in [-0.4, -0.2) is 16.1 Å². The van der Waals surface area contributed by atoms with Crippen LogP contribution in [0.3, 0.4) is 0 Å². The van der Waals surface area contributed by atoms with Crippen molar-refractivity contribution in [3.8, 4) is 0 Å². The Kier molecular flexibility index (Phi) is 3.47. The third-order valence-electron chi connectivity index (χ3n) is 2.39. The van der Waals surface area contributed by atoms with Crippen LogP contribution in [0.2, 0.25) is 0 Å². The number of pyridine rings is 1. The maximum absolute atomic E-state index is 13.5. The third kappa shape index (κ3) is 2.63. The molecule has 0 aliphatic carbocycles. The van der Waals surface area contributed by atoms with Crippen molar-refractivity contribution in [2.45, 2.75) is 0 Å². The van der Waals surface area contributed by atoms with Crippen LogP contribution in [0, 0.1) is 17.5 Å². The zero-order valence-corrected chi connectivity index (χ0v) is 9.82. The lowest BCUT2D eigenvalue weighted by Crippen LogP contribution is -2.07. The molecule has 0 unspecified atom stereocenters. The molecule has 0 atom stereocenters. The van der Waals surface area contributed by atoms with Crippen molar-refractivity contribution in [1.29, 1.82) is 0 Å². The van der Waals surface area contributed by atoms with Gasteiger partial charge in [0.25, 0.3) is 0 Å². The molecule has 0 amide bonds. The molecule has 5 nitrogen and oxygen atoms in total. The van der Waals surface area contributed by atoms with E-state index in [1.54, 1.807) is 0 Å². The number of carboxylic acids is 1. The highest BCUT2D eigenvalue weighted by atomic mass is 19.2. The smallest absolute Gasteiger partial charge is 0.339 e. The minimum absolute atomic E-state index is 0.0823. The topological polar surface area (TPSA) is 88.2 Å². The van der Waals surface area contributed by atoms with Gasteiger partial charge in [0.1, 0.15) is 17.2 Å². The van der Waals surface area contributed by atoms with Crippen molar-refractivity contribution in [1.82, 2.24) is 4.98 Å². The second kappa shape index (κ2) is 5.08. The Morgan fingerprint density at radius 3 is 2.60 bits per heavy atom. The van der Waals surface area contributed by atoms with Crippen molar-refractivity contribution in [2.75, 3.05) is 11.1 Å². The molecule has 0 saturated heterocycles. The van der Waals surface area contributed by atoms with E-state index in [9.17, 15) is 18.0 Å². The minimum Gasteiger partial charge on any atom is -0.478 e. The molecule has 0 radical (unpaired) electrons. The Balaban J connectivity index is 2.48. The first kappa shape index (κ1) is 13.7. The molecule has 1 aromatic heterocycles. The fourth-order valence-electron chi connectivity index (χ4n) is 1.52. The third-order valence-corrected chi connectivity index (χ3v) is 2.39. The van der Waals surface area contributed by atoms with E-state index in [0.29, 0.717) is 12.1 Å². The van der Waals surface area contributed by atoms with Gasteiger partial charge in [0.05, 0.1) is 17.6 Å². The molecule has 20 heavy (non-hydrogen) atoms. The quantitative estimate of drug-likeness (QED) is 0.753. The van der Waals surface area contributed by atoms with Crippen LogP contribution < -0.4 is 11.1 Å². The maximum atomic E-state index is 13.5. The van der Waals surface area contributed by atoms with Gasteiger partial charge in [-0.25, -0.2) is 22.9 Å². The molecule has 2 aromatic rings. The van der Waals surface area contributed by atoms with E-state index in [1.807, 2.05) is 0 Å². The molecule has 2 rings (SSSR count). The van der Waals surface area contributed by atoms with Crippen LogP contribution in [0.5, 0.6) is 0 Å². The Labute approximate surface area is 110 Å². The summed E-state index contributed by atoms with van der Waals surface area (Å²) in [5.41, 5.74) is 4.55. The lowest BCUT2D eigenvalue weighted by atomic mass is 10.2. The second-order valence-corrected chi connectivity index (χ2v) is 3.84. The molecule has 0 fully saturated rings. The summed E-state index contributed by atoms with van der Waals surface area (Å²) in [7, 11) is 0. The van der Waals surface area contributed by atoms with Crippen LogP contribution in [-0.2, 0) is 0 Å². The molecule has 104 valence electrons. The summed E-state index contributed by atoms with van der Waals surface area (Å²) < 4.78 is 39.6. The first-order valence-electron chi connectivity index (χ1n) is 5.29. The van der Waals surface area contributed by atoms with Gasteiger partial charge >= 0.3 is 5.97 Å². The zero-order valence-electron chi connectivity index (χ0n) is 9.82. The number of nitrogens with one attached hydrogen (secondary N) is 1. The minimum atomic E-state index is -1.40. The van der Waals surface area contributed by atoms with Crippen LogP contribution in [0.25, 0.3) is 0 Å². The van der Waals surface area contributed by atoms with Gasteiger partial charge in [-0.1, -0.05) is 0 Å². The van der Waals surface area contributed by atoms with Crippen LogP contribution in [0.1, 0.15) is 10.4 Å². The molecule has 0 saturated carbocycles. The first-order chi connectivity index (χ1) is 9.38. The van der Waals surface area contributed by atoms with E-state index in [-0.39, 0.29) is 17.1 Å². The van der Waals surface area contributed by atoms with Gasteiger partial charge in [0.15, 0.2) is 11.6 Å². The maximum Gasteiger partial charge on any atom is 0.339 e. The normalized spacial score (nSPS) is 10.3. The van der Waals surface area contributed by atoms with Gasteiger partial charge in [0.2, 0.25) is 0 Å². The van der Waals surface area contributed by atoms with Gasteiger partial charge in [-0.2, -0.15) is 0 Å². The van der Waals surface area contributed by atoms with E-state index in [4.69, 9.17) is 10.8 Å². The summed E-state index contributed by atoms with van der Waals surface area (Å²) in [6.07, 6.45) is 1.13. The zero-order chi connectivity index (χ0) is 14.9. The van der Waals surface area contributed by atoms with E-state index in [1.165, 1.54) is 0 Å². The molecule has 8 heteroatoms. The second-order valence-electron chi connectivity index (χ2n) is 3.84. The molecule has 1 aromatic carbocycles. The summed E-state index contributed by atoms with van der Waals surface area (Å²) in [6, 6.07) is 2.14. The molecule has 0 aliphatic rings. The van der Waals surface area contributed by atoms with Crippen molar-refractivity contribution >= 4 is 23.2 Å². The lowest BCUT2D eigenvalue weighted by Gasteiger charge is -2.10. The van der Waals surface area contributed by atoms with E-state index in [0.717, 1.165) is 12.3 Å². The number of hydrogen-bond donors (Lipinski definition) is 3. The summed E-state index contributed by atoms with van der Waals surface area (Å²) in [4.78, 5) is 14.7. The Bertz CT molecular complexity index is 692. The number of nitrogens with zero attached hydrogens (tertiary/aromatic N) is 1. The Hall–Kier alpha value is -2.77. The van der Waals surface area contributed by atoms with Crippen molar-refractivity contribution in [3.63, 3.8) is 0 Å². The predicted octanol–water partition coefficient (Wildman–Crippen LogP) is 2.52. The fourth-order valence-corrected chi connectivity index (χ4v) is 1.52. The summed E-state index contributed by atoms with van der Waals surface area (Å²) in [6.45, 7) is 0. The number of aromatic nitrogens is 1. The average Bonchev–Trinajstić information content (AvgIpc) is 2.37. The largest absolute Gasteiger partial charge is 0.478 e. The highest BCUT2D eigenvalue weighted by molar-refractivity contribution is 5.94. The van der Waals surface area contributed by atoms with Gasteiger partial charge in [0, 0.05) is 12.1 Å². The number of carbonyl (C=O) groups is 1. The number of carboxylic acid groups (broad SMARTS) is 1. The molecule has 1 heterocycles. The van der Waals surface area contributed by atoms with Crippen molar-refractivity contribution < 1.29 is 23.1 Å². The number of benzene rings is 1. The fraction of sp³-hybridized carbons (Fsp3) is 0. The number of nitrogen functional groups attached to an aromatic ring is 1. The number of rotatable bonds is 3. The summed E-state index contributed by atoms with van der Waals surface area (Å²) in [5, 5.41) is 11.2. The lowest BCUT2D eigenvalue weighted by molar-refractivity contribution is 0.0697. The highest BCUT2D eigenvalue weighted by Crippen LogP contribution is 2.25. The molecule has 0 spiro atoms. The highest BCUT2D eigenvalue weighted by Gasteiger charge is 2.16. The number of hydrogen-bond acceptors (Lipinski definition) is 4. The number of halogens is 3. The summed E-state index contributed by atoms with van der Waals surface area (Å²) >= 11 is 0. The van der Waals surface area contributed by atoms with E-state index >= 15 is 0 Å². The molecular weight excluding hydrogens is 275 g/mol. The van der Waals surface area contributed by atoms with Crippen molar-refractivity contribution in [3.05, 3.63) is 47.4 Å². The van der Waals surface area contributed by atoms with E-state index in [2.05, 4.69) is 10.3 Å². The monoisotopic (exact) mass is 283 g/mol. The van der Waals surface area contributed by atoms with Gasteiger partial charge in [-0.3, -0.25) is 0 Å². The van der Waals surface area contributed by atoms with Crippen molar-refractivity contribution in [2.24, 2.45) is 0 Å². The van der Waals surface area contributed by atoms with Gasteiger partial charge in [-0.15, -0.1) is 0 Å². The van der Waals surface area contributed by atoms with Crippen LogP contribution in [0.15, 0.2) is 24.4 Å². The van der Waals surface area contributed by atoms with Gasteiger partial charge in [-0.05, 0) is 6.07 Å².